The number of carbonyl (C=O) groups excluding carboxylic acids is 1. The smallest absolute Gasteiger partial charge is 0.322 e. The molecule has 2 aromatic heterocycles. The molecule has 0 unspecified atom stereocenters. The topological polar surface area (TPSA) is 61.4 Å². The summed E-state index contributed by atoms with van der Waals surface area (Å²) in [5, 5.41) is 4.64. The third kappa shape index (κ3) is 4.91. The monoisotopic (exact) mass is 547 g/mol. The molecule has 0 aliphatic carbocycles. The van der Waals surface area contributed by atoms with Crippen LogP contribution in [0.5, 0.6) is 0 Å². The largest absolute Gasteiger partial charge is 0.334 e. The second kappa shape index (κ2) is 10.4. The van der Waals surface area contributed by atoms with E-state index in [1.807, 2.05) is 23.2 Å². The molecule has 4 heterocycles. The number of carbonyl (C=O) groups is 1. The predicted molar refractivity (Wildman–Crippen MR) is 151 cm³/mol. The highest BCUT2D eigenvalue weighted by atomic mass is 35.5. The normalized spacial score (nSPS) is 16.9. The molecule has 1 spiro atoms. The number of aromatic nitrogens is 2. The van der Waals surface area contributed by atoms with Crippen molar-refractivity contribution in [2.45, 2.75) is 24.8 Å². The van der Waals surface area contributed by atoms with Crippen LogP contribution in [0.4, 0.5) is 14.9 Å². The fourth-order valence-electron chi connectivity index (χ4n) is 5.67. The number of amides is 2. The minimum atomic E-state index is -0.222. The van der Waals surface area contributed by atoms with Crippen LogP contribution in [0, 0.1) is 5.82 Å². The molecule has 2 aliphatic rings. The highest BCUT2D eigenvalue weighted by Gasteiger charge is 2.47. The number of nitrogens with one attached hydrogen (secondary N) is 1. The maximum atomic E-state index is 13.4. The Labute approximate surface area is 229 Å². The first kappa shape index (κ1) is 25.0. The fourth-order valence-corrected chi connectivity index (χ4v) is 6.52. The maximum absolute atomic E-state index is 13.4. The van der Waals surface area contributed by atoms with Crippen molar-refractivity contribution in [3.05, 3.63) is 94.7 Å². The Balaban J connectivity index is 1.18. The Morgan fingerprint density at radius 2 is 1.97 bits per heavy atom. The van der Waals surface area contributed by atoms with Gasteiger partial charge < -0.3 is 5.32 Å². The lowest BCUT2D eigenvalue weighted by Crippen LogP contribution is -2.47. The molecule has 0 radical (unpaired) electrons. The summed E-state index contributed by atoms with van der Waals surface area (Å²) in [4.78, 5) is 21.8. The van der Waals surface area contributed by atoms with Gasteiger partial charge in [0.1, 0.15) is 11.0 Å². The van der Waals surface area contributed by atoms with E-state index in [-0.39, 0.29) is 17.3 Å². The van der Waals surface area contributed by atoms with Gasteiger partial charge in [-0.25, -0.2) is 14.2 Å². The zero-order valence-electron chi connectivity index (χ0n) is 20.7. The van der Waals surface area contributed by atoms with E-state index in [2.05, 4.69) is 37.8 Å². The quantitative estimate of drug-likeness (QED) is 0.300. The molecule has 0 atom stereocenters. The third-order valence-corrected chi connectivity index (χ3v) is 8.61. The summed E-state index contributed by atoms with van der Waals surface area (Å²) in [6, 6.07) is 14.2. The summed E-state index contributed by atoms with van der Waals surface area (Å²) < 4.78 is 18.8. The van der Waals surface area contributed by atoms with E-state index in [9.17, 15) is 9.18 Å². The van der Waals surface area contributed by atoms with E-state index in [1.54, 1.807) is 24.4 Å². The molecule has 2 aromatic carbocycles. The zero-order chi connectivity index (χ0) is 26.1. The van der Waals surface area contributed by atoms with Crippen molar-refractivity contribution in [2.75, 3.05) is 31.1 Å². The van der Waals surface area contributed by atoms with Gasteiger partial charge in [0.05, 0.1) is 10.4 Å². The van der Waals surface area contributed by atoms with Gasteiger partial charge in [0.2, 0.25) is 0 Å². The molecule has 4 aromatic rings. The number of fused-ring (bicyclic) bond motifs is 4. The van der Waals surface area contributed by atoms with E-state index in [4.69, 9.17) is 11.6 Å². The maximum Gasteiger partial charge on any atom is 0.322 e. The number of hydrogen-bond donors (Lipinski definition) is 1. The van der Waals surface area contributed by atoms with E-state index >= 15 is 0 Å². The molecule has 1 fully saturated rings. The number of rotatable bonds is 5. The summed E-state index contributed by atoms with van der Waals surface area (Å²) >= 11 is 7.51. The van der Waals surface area contributed by atoms with Gasteiger partial charge in [0.25, 0.3) is 0 Å². The lowest BCUT2D eigenvalue weighted by Gasteiger charge is -2.39. The zero-order valence-corrected chi connectivity index (χ0v) is 22.3. The Kier molecular flexibility index (Phi) is 6.86. The number of urea groups is 1. The third-order valence-electron chi connectivity index (χ3n) is 7.64. The SMILES string of the molecule is O=C(NCc1ccnc(Cl)c1)N1CC2(CCN(C/C=C/c3ccc(F)cc3)CC2)c2c1ccc1sncc21. The summed E-state index contributed by atoms with van der Waals surface area (Å²) in [5.41, 5.74) is 4.03. The van der Waals surface area contributed by atoms with Gasteiger partial charge in [-0.15, -0.1) is 0 Å². The van der Waals surface area contributed by atoms with Crippen molar-refractivity contribution >= 4 is 51.0 Å². The van der Waals surface area contributed by atoms with Crippen LogP contribution in [0.2, 0.25) is 5.15 Å². The van der Waals surface area contributed by atoms with Gasteiger partial charge in [0, 0.05) is 42.8 Å². The van der Waals surface area contributed by atoms with Gasteiger partial charge in [0.15, 0.2) is 0 Å². The van der Waals surface area contributed by atoms with Crippen LogP contribution in [0.15, 0.2) is 67.0 Å². The van der Waals surface area contributed by atoms with Gasteiger partial charge in [-0.3, -0.25) is 9.80 Å². The van der Waals surface area contributed by atoms with Crippen LogP contribution in [-0.2, 0) is 12.0 Å². The number of halogens is 2. The second-order valence-corrected chi connectivity index (χ2v) is 11.2. The minimum Gasteiger partial charge on any atom is -0.334 e. The summed E-state index contributed by atoms with van der Waals surface area (Å²) in [7, 11) is 0. The number of hydrogen-bond acceptors (Lipinski definition) is 5. The first-order chi connectivity index (χ1) is 18.5. The fraction of sp³-hybridized carbons (Fsp3) is 0.276. The van der Waals surface area contributed by atoms with Crippen molar-refractivity contribution in [3.63, 3.8) is 0 Å². The molecule has 6 nitrogen and oxygen atoms in total. The molecule has 1 N–H and O–H groups in total. The van der Waals surface area contributed by atoms with Crippen molar-refractivity contribution in [2.24, 2.45) is 0 Å². The van der Waals surface area contributed by atoms with Crippen LogP contribution in [0.1, 0.15) is 29.5 Å². The van der Waals surface area contributed by atoms with Gasteiger partial charge >= 0.3 is 6.03 Å². The average molecular weight is 548 g/mol. The van der Waals surface area contributed by atoms with Crippen molar-refractivity contribution in [1.29, 1.82) is 0 Å². The Bertz CT molecular complexity index is 1500. The van der Waals surface area contributed by atoms with Gasteiger partial charge in [-0.1, -0.05) is 35.9 Å². The van der Waals surface area contributed by atoms with Crippen molar-refractivity contribution < 1.29 is 9.18 Å². The summed E-state index contributed by atoms with van der Waals surface area (Å²) in [6.45, 7) is 3.75. The number of pyridine rings is 1. The van der Waals surface area contributed by atoms with Crippen molar-refractivity contribution in [3.8, 4) is 0 Å². The Morgan fingerprint density at radius 3 is 2.76 bits per heavy atom. The average Bonchev–Trinajstić information content (AvgIpc) is 3.53. The van der Waals surface area contributed by atoms with E-state index in [0.717, 1.165) is 59.4 Å². The van der Waals surface area contributed by atoms with E-state index < -0.39 is 0 Å². The standard InChI is InChI=1S/C29H27ClFN5OS/c30-26-16-21(9-12-32-26)17-33-28(37)36-19-29(27-23-18-34-38-25(23)8-7-24(27)36)10-14-35(15-11-29)13-1-2-20-3-5-22(31)6-4-20/h1-9,12,16,18H,10-11,13-15,17,19H2,(H,33,37)/b2-1+. The van der Waals surface area contributed by atoms with E-state index in [1.165, 1.54) is 29.2 Å². The van der Waals surface area contributed by atoms with Crippen LogP contribution >= 0.6 is 23.1 Å². The molecule has 2 amide bonds. The highest BCUT2D eigenvalue weighted by Crippen LogP contribution is 2.50. The summed E-state index contributed by atoms with van der Waals surface area (Å²) in [5.74, 6) is -0.222. The van der Waals surface area contributed by atoms with Crippen LogP contribution < -0.4 is 10.2 Å². The molecule has 0 bridgehead atoms. The Morgan fingerprint density at radius 1 is 1.16 bits per heavy atom. The number of likely N-dealkylation sites (tertiary alicyclic amines) is 1. The number of piperidine rings is 1. The summed E-state index contributed by atoms with van der Waals surface area (Å²) in [6.07, 6.45) is 9.70. The molecular weight excluding hydrogens is 521 g/mol. The first-order valence-electron chi connectivity index (χ1n) is 12.7. The van der Waals surface area contributed by atoms with Crippen molar-refractivity contribution in [1.82, 2.24) is 19.6 Å². The molecule has 6 rings (SSSR count). The van der Waals surface area contributed by atoms with Crippen LogP contribution in [-0.4, -0.2) is 46.5 Å². The molecule has 0 saturated carbocycles. The lowest BCUT2D eigenvalue weighted by atomic mass is 9.73. The highest BCUT2D eigenvalue weighted by molar-refractivity contribution is 7.13. The predicted octanol–water partition coefficient (Wildman–Crippen LogP) is 6.26. The lowest BCUT2D eigenvalue weighted by molar-refractivity contribution is 0.181. The molecule has 2 aliphatic heterocycles. The van der Waals surface area contributed by atoms with Crippen LogP contribution in [0.3, 0.4) is 0 Å². The van der Waals surface area contributed by atoms with Crippen LogP contribution in [0.25, 0.3) is 16.2 Å². The molecule has 194 valence electrons. The Hall–Kier alpha value is -3.33. The molecule has 1 saturated heterocycles. The number of benzene rings is 2. The second-order valence-electron chi connectivity index (χ2n) is 9.96. The minimum absolute atomic E-state index is 0.105. The first-order valence-corrected chi connectivity index (χ1v) is 13.8. The molecular formula is C29H27ClFN5OS. The number of anilines is 1. The number of nitrogens with zero attached hydrogens (tertiary/aromatic N) is 4. The van der Waals surface area contributed by atoms with E-state index in [0.29, 0.717) is 18.2 Å². The molecule has 9 heteroatoms. The molecule has 38 heavy (non-hydrogen) atoms. The van der Waals surface area contributed by atoms with Gasteiger partial charge in [-0.2, -0.15) is 4.37 Å². The van der Waals surface area contributed by atoms with Gasteiger partial charge in [-0.05, 0) is 90.6 Å².